The van der Waals surface area contributed by atoms with Gasteiger partial charge in [-0.2, -0.15) is 0 Å². The molecule has 0 fully saturated rings. The third-order valence-corrected chi connectivity index (χ3v) is 4.85. The summed E-state index contributed by atoms with van der Waals surface area (Å²) in [5.41, 5.74) is 0. The lowest BCUT2D eigenvalue weighted by Gasteiger charge is -2.22. The van der Waals surface area contributed by atoms with Gasteiger partial charge in [0.2, 0.25) is 0 Å². The van der Waals surface area contributed by atoms with Crippen LogP contribution < -0.4 is 0 Å². The first-order valence-corrected chi connectivity index (χ1v) is 8.72. The molecule has 0 radical (unpaired) electrons. The van der Waals surface area contributed by atoms with E-state index in [0.29, 0.717) is 0 Å². The molecule has 0 spiro atoms. The maximum absolute atomic E-state index is 12.1. The predicted molar refractivity (Wildman–Crippen MR) is 62.3 cm³/mol. The van der Waals surface area contributed by atoms with Gasteiger partial charge in [0.15, 0.2) is 12.1 Å². The molecular formula is C11H20O3Si. The molecule has 1 aliphatic carbocycles. The summed E-state index contributed by atoms with van der Waals surface area (Å²) in [6.45, 7) is 6.56. The van der Waals surface area contributed by atoms with Gasteiger partial charge < -0.3 is 9.47 Å². The number of rotatable bonds is 4. The normalized spacial score (nSPS) is 22.4. The number of hydrogen-bond donors (Lipinski definition) is 0. The molecule has 0 saturated carbocycles. The molecule has 1 aliphatic rings. The van der Waals surface area contributed by atoms with Gasteiger partial charge in [0.1, 0.15) is 0 Å². The van der Waals surface area contributed by atoms with Crippen molar-refractivity contribution in [3.8, 4) is 0 Å². The van der Waals surface area contributed by atoms with Crippen molar-refractivity contribution in [1.29, 1.82) is 0 Å². The Bertz CT molecular complexity index is 274. The number of carbonyl (C=O) groups excluding carboxylic acids is 1. The zero-order valence-electron chi connectivity index (χ0n) is 10.2. The minimum absolute atomic E-state index is 0.137. The molecule has 3 nitrogen and oxygen atoms in total. The Kier molecular flexibility index (Phi) is 3.86. The number of carbonyl (C=O) groups is 1. The molecular weight excluding hydrogens is 208 g/mol. The minimum Gasteiger partial charge on any atom is -0.355 e. The summed E-state index contributed by atoms with van der Waals surface area (Å²) in [7, 11) is 1.65. The van der Waals surface area contributed by atoms with Gasteiger partial charge >= 0.3 is 0 Å². The van der Waals surface area contributed by atoms with E-state index >= 15 is 0 Å². The van der Waals surface area contributed by atoms with Crippen LogP contribution in [0.2, 0.25) is 19.6 Å². The smallest absolute Gasteiger partial charge is 0.167 e. The Labute approximate surface area is 92.5 Å². The maximum Gasteiger partial charge on any atom is 0.167 e. The highest BCUT2D eigenvalue weighted by molar-refractivity contribution is 6.87. The Balaban J connectivity index is 2.77. The van der Waals surface area contributed by atoms with Crippen LogP contribution in [0.3, 0.4) is 0 Å². The van der Waals surface area contributed by atoms with Crippen LogP contribution >= 0.6 is 0 Å². The fourth-order valence-electron chi connectivity index (χ4n) is 1.99. The number of Topliss-reactive ketones (excluding diaryl/α,β-unsaturated/α-hetero) is 1. The first-order valence-electron chi connectivity index (χ1n) is 5.22. The van der Waals surface area contributed by atoms with E-state index in [1.54, 1.807) is 14.2 Å². The Morgan fingerprint density at radius 3 is 2.20 bits per heavy atom. The first kappa shape index (κ1) is 12.6. The van der Waals surface area contributed by atoms with E-state index < -0.39 is 14.4 Å². The van der Waals surface area contributed by atoms with E-state index in [4.69, 9.17) is 9.47 Å². The molecule has 0 aromatic rings. The predicted octanol–water partition coefficient (Wildman–Crippen LogP) is 2.00. The van der Waals surface area contributed by atoms with Crippen molar-refractivity contribution in [2.45, 2.75) is 32.4 Å². The molecule has 0 aromatic heterocycles. The van der Waals surface area contributed by atoms with Crippen molar-refractivity contribution in [3.05, 3.63) is 11.3 Å². The summed E-state index contributed by atoms with van der Waals surface area (Å²) in [5.74, 6) is 0.0876. The van der Waals surface area contributed by atoms with Gasteiger partial charge in [0, 0.05) is 14.2 Å². The molecule has 1 atom stereocenters. The van der Waals surface area contributed by atoms with Crippen LogP contribution in [0.25, 0.3) is 0 Å². The fraction of sp³-hybridized carbons (Fsp3) is 0.727. The Morgan fingerprint density at radius 2 is 1.87 bits per heavy atom. The topological polar surface area (TPSA) is 35.5 Å². The molecule has 0 unspecified atom stereocenters. The number of ketones is 1. The summed E-state index contributed by atoms with van der Waals surface area (Å²) in [6, 6.07) is 0. The molecule has 0 saturated heterocycles. The maximum atomic E-state index is 12.1. The highest BCUT2D eigenvalue weighted by Crippen LogP contribution is 2.31. The van der Waals surface area contributed by atoms with Gasteiger partial charge in [-0.05, 0) is 11.6 Å². The van der Waals surface area contributed by atoms with Crippen LogP contribution in [-0.2, 0) is 14.3 Å². The van der Waals surface area contributed by atoms with Crippen LogP contribution in [0, 0.1) is 5.92 Å². The summed E-state index contributed by atoms with van der Waals surface area (Å²) >= 11 is 0. The third kappa shape index (κ3) is 2.56. The number of ether oxygens (including phenoxy) is 2. The summed E-state index contributed by atoms with van der Waals surface area (Å²) in [5, 5.41) is 1.03. The summed E-state index contributed by atoms with van der Waals surface area (Å²) in [6.07, 6.45) is 2.43. The van der Waals surface area contributed by atoms with Gasteiger partial charge in [-0.1, -0.05) is 25.7 Å². The highest BCUT2D eigenvalue weighted by Gasteiger charge is 2.39. The van der Waals surface area contributed by atoms with Crippen molar-refractivity contribution >= 4 is 13.9 Å². The molecule has 0 heterocycles. The second-order valence-electron chi connectivity index (χ2n) is 4.91. The number of hydrogen-bond acceptors (Lipinski definition) is 3. The average Bonchev–Trinajstić information content (AvgIpc) is 2.50. The van der Waals surface area contributed by atoms with Crippen LogP contribution in [0.15, 0.2) is 11.3 Å². The van der Waals surface area contributed by atoms with Crippen LogP contribution in [0.1, 0.15) is 6.42 Å². The van der Waals surface area contributed by atoms with Gasteiger partial charge in [-0.25, -0.2) is 0 Å². The van der Waals surface area contributed by atoms with Crippen molar-refractivity contribution in [2.24, 2.45) is 5.92 Å². The quantitative estimate of drug-likeness (QED) is 0.545. The lowest BCUT2D eigenvalue weighted by Crippen LogP contribution is -2.35. The lowest BCUT2D eigenvalue weighted by molar-refractivity contribution is -0.151. The van der Waals surface area contributed by atoms with Crippen molar-refractivity contribution < 1.29 is 14.3 Å². The van der Waals surface area contributed by atoms with E-state index in [0.717, 1.165) is 11.6 Å². The van der Waals surface area contributed by atoms with E-state index in [-0.39, 0.29) is 11.7 Å². The van der Waals surface area contributed by atoms with Crippen molar-refractivity contribution in [1.82, 2.24) is 0 Å². The summed E-state index contributed by atoms with van der Waals surface area (Å²) in [4.78, 5) is 12.1. The second-order valence-corrected chi connectivity index (χ2v) is 9.95. The minimum atomic E-state index is -1.50. The standard InChI is InChI=1S/C11H20O3Si/c1-13-11(14-2)8-6-7-9(10(8)12)15(3,4)5/h7-8,11H,6H2,1-5H3/t8-/m0/s1. The zero-order chi connectivity index (χ0) is 11.6. The first-order chi connectivity index (χ1) is 6.91. The van der Waals surface area contributed by atoms with Crippen molar-refractivity contribution in [3.63, 3.8) is 0 Å². The second kappa shape index (κ2) is 4.59. The molecule has 1 rings (SSSR count). The van der Waals surface area contributed by atoms with Gasteiger partial charge in [0.25, 0.3) is 0 Å². The van der Waals surface area contributed by atoms with E-state index in [1.165, 1.54) is 0 Å². The molecule has 0 amide bonds. The molecule has 15 heavy (non-hydrogen) atoms. The van der Waals surface area contributed by atoms with E-state index in [9.17, 15) is 4.79 Å². The van der Waals surface area contributed by atoms with Crippen molar-refractivity contribution in [2.75, 3.05) is 14.2 Å². The molecule has 4 heteroatoms. The third-order valence-electron chi connectivity index (χ3n) is 2.78. The van der Waals surface area contributed by atoms with E-state index in [1.807, 2.05) is 0 Å². The number of methoxy groups -OCH3 is 2. The molecule has 86 valence electrons. The molecule has 0 bridgehead atoms. The molecule has 0 aromatic carbocycles. The van der Waals surface area contributed by atoms with Crippen LogP contribution in [0.4, 0.5) is 0 Å². The fourth-order valence-corrected chi connectivity index (χ4v) is 3.64. The van der Waals surface area contributed by atoms with Gasteiger partial charge in [-0.15, -0.1) is 0 Å². The zero-order valence-corrected chi connectivity index (χ0v) is 11.2. The van der Waals surface area contributed by atoms with Crippen LogP contribution in [-0.4, -0.2) is 34.4 Å². The average molecular weight is 228 g/mol. The Morgan fingerprint density at radius 1 is 1.33 bits per heavy atom. The van der Waals surface area contributed by atoms with Gasteiger partial charge in [0.05, 0.1) is 14.0 Å². The summed E-state index contributed by atoms with van der Waals surface area (Å²) < 4.78 is 10.3. The highest BCUT2D eigenvalue weighted by atomic mass is 28.3. The SMILES string of the molecule is COC(OC)[C@H]1CC=C([Si](C)(C)C)C1=O. The largest absolute Gasteiger partial charge is 0.355 e. The van der Waals surface area contributed by atoms with Crippen LogP contribution in [0.5, 0.6) is 0 Å². The number of allylic oxidation sites excluding steroid dienone is 2. The molecule has 0 aliphatic heterocycles. The Hall–Kier alpha value is -0.453. The van der Waals surface area contributed by atoms with E-state index in [2.05, 4.69) is 25.7 Å². The monoisotopic (exact) mass is 228 g/mol. The lowest BCUT2D eigenvalue weighted by atomic mass is 10.1. The van der Waals surface area contributed by atoms with Gasteiger partial charge in [-0.3, -0.25) is 4.79 Å². The molecule has 0 N–H and O–H groups in total.